The molecule has 0 radical (unpaired) electrons. The van der Waals surface area contributed by atoms with Gasteiger partial charge in [-0.15, -0.1) is 0 Å². The molecule has 0 spiro atoms. The van der Waals surface area contributed by atoms with Crippen LogP contribution < -0.4 is 15.4 Å². The van der Waals surface area contributed by atoms with Gasteiger partial charge in [0, 0.05) is 12.1 Å². The van der Waals surface area contributed by atoms with Crippen molar-refractivity contribution in [3.05, 3.63) is 59.7 Å². The van der Waals surface area contributed by atoms with Crippen molar-refractivity contribution in [2.24, 2.45) is 0 Å². The summed E-state index contributed by atoms with van der Waals surface area (Å²) in [5.74, 6) is 0.0237. The molecule has 0 aliphatic rings. The first-order valence-corrected chi connectivity index (χ1v) is 7.45. The number of rotatable bonds is 7. The molecule has 0 atom stereocenters. The second-order valence-electron chi connectivity index (χ2n) is 5.00. The van der Waals surface area contributed by atoms with E-state index in [0.29, 0.717) is 17.8 Å². The molecule has 1 amide bonds. The Bertz CT molecular complexity index is 716. The molecule has 2 N–H and O–H groups in total. The van der Waals surface area contributed by atoms with E-state index in [0.717, 1.165) is 11.3 Å². The van der Waals surface area contributed by atoms with Crippen molar-refractivity contribution in [3.63, 3.8) is 0 Å². The van der Waals surface area contributed by atoms with Gasteiger partial charge in [-0.25, -0.2) is 4.79 Å². The highest BCUT2D eigenvalue weighted by atomic mass is 16.5. The van der Waals surface area contributed by atoms with Crippen LogP contribution in [0.2, 0.25) is 0 Å². The van der Waals surface area contributed by atoms with Crippen LogP contribution in [-0.2, 0) is 16.1 Å². The highest BCUT2D eigenvalue weighted by Gasteiger charge is 2.13. The van der Waals surface area contributed by atoms with E-state index < -0.39 is 5.97 Å². The quantitative estimate of drug-likeness (QED) is 0.762. The van der Waals surface area contributed by atoms with Crippen LogP contribution in [0.5, 0.6) is 5.75 Å². The SMILES string of the molecule is COC(=O)c1ccccc1NC(=O)CNCc1ccccc1OC. The van der Waals surface area contributed by atoms with Crippen LogP contribution in [0, 0.1) is 0 Å². The van der Waals surface area contributed by atoms with Crippen molar-refractivity contribution < 1.29 is 19.1 Å². The lowest BCUT2D eigenvalue weighted by atomic mass is 10.2. The molecule has 0 heterocycles. The number of nitrogens with one attached hydrogen (secondary N) is 2. The van der Waals surface area contributed by atoms with E-state index in [1.54, 1.807) is 31.4 Å². The van der Waals surface area contributed by atoms with Gasteiger partial charge in [0.2, 0.25) is 5.91 Å². The maximum absolute atomic E-state index is 12.1. The predicted octanol–water partition coefficient (Wildman–Crippen LogP) is 2.21. The number of anilines is 1. The van der Waals surface area contributed by atoms with E-state index in [-0.39, 0.29) is 12.5 Å². The van der Waals surface area contributed by atoms with Gasteiger partial charge in [-0.05, 0) is 18.2 Å². The lowest BCUT2D eigenvalue weighted by Crippen LogP contribution is -2.28. The first kappa shape index (κ1) is 17.5. The molecule has 24 heavy (non-hydrogen) atoms. The normalized spacial score (nSPS) is 10.1. The molecule has 0 fully saturated rings. The van der Waals surface area contributed by atoms with Gasteiger partial charge in [0.05, 0.1) is 32.0 Å². The Kier molecular flexibility index (Phi) is 6.33. The zero-order valence-corrected chi connectivity index (χ0v) is 13.7. The number of hydrogen-bond acceptors (Lipinski definition) is 5. The second-order valence-corrected chi connectivity index (χ2v) is 5.00. The Morgan fingerprint density at radius 2 is 1.71 bits per heavy atom. The van der Waals surface area contributed by atoms with Gasteiger partial charge in [-0.2, -0.15) is 0 Å². The zero-order valence-electron chi connectivity index (χ0n) is 13.7. The molecule has 0 aromatic heterocycles. The van der Waals surface area contributed by atoms with Crippen molar-refractivity contribution in [3.8, 4) is 5.75 Å². The van der Waals surface area contributed by atoms with Crippen LogP contribution in [-0.4, -0.2) is 32.6 Å². The average Bonchev–Trinajstić information content (AvgIpc) is 2.62. The van der Waals surface area contributed by atoms with Crippen LogP contribution in [0.4, 0.5) is 5.69 Å². The average molecular weight is 328 g/mol. The van der Waals surface area contributed by atoms with Gasteiger partial charge in [-0.1, -0.05) is 30.3 Å². The Morgan fingerprint density at radius 3 is 2.46 bits per heavy atom. The highest BCUT2D eigenvalue weighted by molar-refractivity contribution is 6.01. The Morgan fingerprint density at radius 1 is 1.00 bits per heavy atom. The monoisotopic (exact) mass is 328 g/mol. The second kappa shape index (κ2) is 8.69. The number of hydrogen-bond donors (Lipinski definition) is 2. The van der Waals surface area contributed by atoms with Crippen LogP contribution in [0.1, 0.15) is 15.9 Å². The first-order chi connectivity index (χ1) is 11.7. The fraction of sp³-hybridized carbons (Fsp3) is 0.222. The van der Waals surface area contributed by atoms with Crippen LogP contribution in [0.25, 0.3) is 0 Å². The minimum Gasteiger partial charge on any atom is -0.496 e. The maximum atomic E-state index is 12.1. The number of amides is 1. The maximum Gasteiger partial charge on any atom is 0.339 e. The molecule has 2 aromatic rings. The molecule has 0 aliphatic carbocycles. The molecule has 0 unspecified atom stereocenters. The molecule has 0 aliphatic heterocycles. The third-order valence-electron chi connectivity index (χ3n) is 3.40. The Labute approximate surface area is 140 Å². The largest absolute Gasteiger partial charge is 0.496 e. The molecule has 126 valence electrons. The summed E-state index contributed by atoms with van der Waals surface area (Å²) >= 11 is 0. The summed E-state index contributed by atoms with van der Waals surface area (Å²) in [5.41, 5.74) is 1.70. The lowest BCUT2D eigenvalue weighted by molar-refractivity contribution is -0.115. The van der Waals surface area contributed by atoms with Gasteiger partial charge in [0.1, 0.15) is 5.75 Å². The summed E-state index contributed by atoms with van der Waals surface area (Å²) in [6.07, 6.45) is 0. The third kappa shape index (κ3) is 4.57. The molecular formula is C18H20N2O4. The molecular weight excluding hydrogens is 308 g/mol. The van der Waals surface area contributed by atoms with Crippen LogP contribution in [0.15, 0.2) is 48.5 Å². The summed E-state index contributed by atoms with van der Waals surface area (Å²) < 4.78 is 9.96. The number of carbonyl (C=O) groups is 2. The Balaban J connectivity index is 1.91. The smallest absolute Gasteiger partial charge is 0.339 e. The number of methoxy groups -OCH3 is 2. The molecule has 6 heteroatoms. The van der Waals surface area contributed by atoms with Crippen molar-refractivity contribution in [2.45, 2.75) is 6.54 Å². The third-order valence-corrected chi connectivity index (χ3v) is 3.40. The summed E-state index contributed by atoms with van der Waals surface area (Å²) in [6, 6.07) is 14.3. The van der Waals surface area contributed by atoms with Crippen LogP contribution in [0.3, 0.4) is 0 Å². The minimum absolute atomic E-state index is 0.105. The van der Waals surface area contributed by atoms with E-state index >= 15 is 0 Å². The van der Waals surface area contributed by atoms with E-state index in [4.69, 9.17) is 9.47 Å². The standard InChI is InChI=1S/C18H20N2O4/c1-23-16-10-6-3-7-13(16)11-19-12-17(21)20-15-9-5-4-8-14(15)18(22)24-2/h3-10,19H,11-12H2,1-2H3,(H,20,21). The molecule has 2 rings (SSSR count). The highest BCUT2D eigenvalue weighted by Crippen LogP contribution is 2.17. The molecule has 0 bridgehead atoms. The van der Waals surface area contributed by atoms with E-state index in [1.165, 1.54) is 7.11 Å². The molecule has 6 nitrogen and oxygen atoms in total. The summed E-state index contributed by atoms with van der Waals surface area (Å²) in [4.78, 5) is 23.7. The summed E-state index contributed by atoms with van der Waals surface area (Å²) in [7, 11) is 2.91. The molecule has 0 saturated carbocycles. The lowest BCUT2D eigenvalue weighted by Gasteiger charge is -2.11. The van der Waals surface area contributed by atoms with E-state index in [9.17, 15) is 9.59 Å². The fourth-order valence-electron chi connectivity index (χ4n) is 2.23. The van der Waals surface area contributed by atoms with Gasteiger partial charge in [-0.3, -0.25) is 4.79 Å². The minimum atomic E-state index is -0.493. The summed E-state index contributed by atoms with van der Waals surface area (Å²) in [6.45, 7) is 0.601. The summed E-state index contributed by atoms with van der Waals surface area (Å²) in [5, 5.41) is 5.76. The number of para-hydroxylation sites is 2. The fourth-order valence-corrected chi connectivity index (χ4v) is 2.23. The first-order valence-electron chi connectivity index (χ1n) is 7.45. The number of benzene rings is 2. The van der Waals surface area contributed by atoms with Gasteiger partial charge < -0.3 is 20.1 Å². The van der Waals surface area contributed by atoms with Gasteiger partial charge in [0.15, 0.2) is 0 Å². The number of carbonyl (C=O) groups excluding carboxylic acids is 2. The number of esters is 1. The van der Waals surface area contributed by atoms with Crippen molar-refractivity contribution in [1.82, 2.24) is 5.32 Å². The van der Waals surface area contributed by atoms with Gasteiger partial charge in [0.25, 0.3) is 0 Å². The topological polar surface area (TPSA) is 76.7 Å². The van der Waals surface area contributed by atoms with Crippen molar-refractivity contribution >= 4 is 17.6 Å². The van der Waals surface area contributed by atoms with Crippen molar-refractivity contribution in [1.29, 1.82) is 0 Å². The van der Waals surface area contributed by atoms with E-state index in [2.05, 4.69) is 10.6 Å². The van der Waals surface area contributed by atoms with Gasteiger partial charge >= 0.3 is 5.97 Å². The predicted molar refractivity (Wildman–Crippen MR) is 91.1 cm³/mol. The van der Waals surface area contributed by atoms with Crippen LogP contribution >= 0.6 is 0 Å². The number of ether oxygens (including phenoxy) is 2. The van der Waals surface area contributed by atoms with E-state index in [1.807, 2.05) is 24.3 Å². The Hall–Kier alpha value is -2.86. The zero-order chi connectivity index (χ0) is 17.4. The molecule has 0 saturated heterocycles. The van der Waals surface area contributed by atoms with Crippen molar-refractivity contribution in [2.75, 3.05) is 26.1 Å². The molecule has 2 aromatic carbocycles.